The summed E-state index contributed by atoms with van der Waals surface area (Å²) in [5.41, 5.74) is 0.735. The lowest BCUT2D eigenvalue weighted by atomic mass is 10.2. The fourth-order valence-corrected chi connectivity index (χ4v) is 2.84. The van der Waals surface area contributed by atoms with E-state index >= 15 is 0 Å². The summed E-state index contributed by atoms with van der Waals surface area (Å²) in [5.74, 6) is 1.58. The number of hydrogen-bond acceptors (Lipinski definition) is 5. The quantitative estimate of drug-likeness (QED) is 0.788. The summed E-state index contributed by atoms with van der Waals surface area (Å²) in [6.07, 6.45) is 0.574. The Kier molecular flexibility index (Phi) is 6.09. The molecule has 0 heterocycles. The molecule has 0 saturated carbocycles. The van der Waals surface area contributed by atoms with Crippen LogP contribution < -0.4 is 18.9 Å². The Morgan fingerprint density at radius 2 is 1.60 bits per heavy atom. The van der Waals surface area contributed by atoms with Crippen LogP contribution in [0, 0.1) is 0 Å². The fourth-order valence-electron chi connectivity index (χ4n) is 1.77. The van der Waals surface area contributed by atoms with Gasteiger partial charge in [-0.05, 0) is 24.1 Å². The molecule has 0 atom stereocenters. The largest absolute Gasteiger partial charge is 0.493 e. The van der Waals surface area contributed by atoms with Gasteiger partial charge in [0.1, 0.15) is 0 Å². The average molecular weight is 303 g/mol. The first-order valence-corrected chi connectivity index (χ1v) is 7.88. The van der Waals surface area contributed by atoms with E-state index in [1.165, 1.54) is 21.3 Å². The normalized spacial score (nSPS) is 11.2. The van der Waals surface area contributed by atoms with Crippen LogP contribution in [0.4, 0.5) is 0 Å². The average Bonchev–Trinajstić information content (AvgIpc) is 2.43. The molecule has 1 rings (SSSR count). The lowest BCUT2D eigenvalue weighted by Crippen LogP contribution is -2.25. The van der Waals surface area contributed by atoms with Gasteiger partial charge in [-0.15, -0.1) is 0 Å². The van der Waals surface area contributed by atoms with Gasteiger partial charge in [0, 0.05) is 6.54 Å². The van der Waals surface area contributed by atoms with Gasteiger partial charge < -0.3 is 14.2 Å². The van der Waals surface area contributed by atoms with E-state index in [0.717, 1.165) is 5.56 Å². The molecule has 0 spiro atoms. The summed E-state index contributed by atoms with van der Waals surface area (Å²) in [6.45, 7) is 2.00. The summed E-state index contributed by atoms with van der Waals surface area (Å²) < 4.78 is 41.5. The van der Waals surface area contributed by atoms with Crippen LogP contribution in [0.1, 0.15) is 18.9 Å². The summed E-state index contributed by atoms with van der Waals surface area (Å²) in [4.78, 5) is 0. The van der Waals surface area contributed by atoms with Crippen molar-refractivity contribution >= 4 is 10.0 Å². The van der Waals surface area contributed by atoms with Crippen molar-refractivity contribution in [1.82, 2.24) is 4.72 Å². The first-order chi connectivity index (χ1) is 9.47. The van der Waals surface area contributed by atoms with E-state index in [9.17, 15) is 8.42 Å². The van der Waals surface area contributed by atoms with E-state index in [2.05, 4.69) is 4.72 Å². The molecule has 0 unspecified atom stereocenters. The minimum Gasteiger partial charge on any atom is -0.493 e. The van der Waals surface area contributed by atoms with Crippen LogP contribution in [-0.2, 0) is 16.6 Å². The number of benzene rings is 1. The molecule has 0 aromatic heterocycles. The van der Waals surface area contributed by atoms with E-state index in [4.69, 9.17) is 14.2 Å². The van der Waals surface area contributed by atoms with Crippen LogP contribution in [0.2, 0.25) is 0 Å². The van der Waals surface area contributed by atoms with Gasteiger partial charge in [-0.25, -0.2) is 13.1 Å². The number of nitrogens with one attached hydrogen (secondary N) is 1. The second-order valence-electron chi connectivity index (χ2n) is 4.17. The highest BCUT2D eigenvalue weighted by Crippen LogP contribution is 2.38. The van der Waals surface area contributed by atoms with Gasteiger partial charge in [-0.1, -0.05) is 6.92 Å². The van der Waals surface area contributed by atoms with Crippen LogP contribution in [0.25, 0.3) is 0 Å². The molecule has 7 heteroatoms. The molecular formula is C13H21NO5S. The highest BCUT2D eigenvalue weighted by molar-refractivity contribution is 7.89. The Morgan fingerprint density at radius 3 is 2.00 bits per heavy atom. The lowest BCUT2D eigenvalue weighted by Gasteiger charge is -2.14. The van der Waals surface area contributed by atoms with Crippen LogP contribution >= 0.6 is 0 Å². The highest BCUT2D eigenvalue weighted by atomic mass is 32.2. The Hall–Kier alpha value is -1.47. The minimum absolute atomic E-state index is 0.109. The minimum atomic E-state index is -3.25. The Bertz CT molecular complexity index is 517. The van der Waals surface area contributed by atoms with E-state index in [1.807, 2.05) is 6.92 Å². The number of rotatable bonds is 8. The topological polar surface area (TPSA) is 73.9 Å². The van der Waals surface area contributed by atoms with Gasteiger partial charge in [0.2, 0.25) is 15.8 Å². The van der Waals surface area contributed by atoms with E-state index in [0.29, 0.717) is 23.7 Å². The van der Waals surface area contributed by atoms with Gasteiger partial charge >= 0.3 is 0 Å². The predicted octanol–water partition coefficient (Wildman–Crippen LogP) is 1.54. The predicted molar refractivity (Wildman–Crippen MR) is 77.0 cm³/mol. The van der Waals surface area contributed by atoms with Gasteiger partial charge in [-0.2, -0.15) is 0 Å². The molecule has 0 saturated heterocycles. The first-order valence-electron chi connectivity index (χ1n) is 6.23. The number of methoxy groups -OCH3 is 3. The fraction of sp³-hybridized carbons (Fsp3) is 0.538. The zero-order valence-corrected chi connectivity index (χ0v) is 13.0. The standard InChI is InChI=1S/C13H21NO5S/c1-5-6-20(15,16)14-9-10-7-11(17-2)13(19-4)12(8-10)18-3/h7-8,14H,5-6,9H2,1-4H3. The second-order valence-corrected chi connectivity index (χ2v) is 6.10. The maximum Gasteiger partial charge on any atom is 0.211 e. The van der Waals surface area contributed by atoms with Crippen molar-refractivity contribution in [2.45, 2.75) is 19.9 Å². The molecule has 1 aromatic rings. The van der Waals surface area contributed by atoms with E-state index in [1.54, 1.807) is 12.1 Å². The number of sulfonamides is 1. The molecule has 6 nitrogen and oxygen atoms in total. The highest BCUT2D eigenvalue weighted by Gasteiger charge is 2.14. The zero-order valence-electron chi connectivity index (χ0n) is 12.2. The van der Waals surface area contributed by atoms with E-state index in [-0.39, 0.29) is 12.3 Å². The lowest BCUT2D eigenvalue weighted by molar-refractivity contribution is 0.323. The van der Waals surface area contributed by atoms with Crippen molar-refractivity contribution in [1.29, 1.82) is 0 Å². The Labute approximate surface area is 120 Å². The molecule has 0 aliphatic rings. The molecule has 20 heavy (non-hydrogen) atoms. The number of ether oxygens (including phenoxy) is 3. The molecular weight excluding hydrogens is 282 g/mol. The third-order valence-electron chi connectivity index (χ3n) is 2.69. The summed E-state index contributed by atoms with van der Waals surface area (Å²) in [7, 11) is 1.30. The van der Waals surface area contributed by atoms with Gasteiger partial charge in [0.25, 0.3) is 0 Å². The van der Waals surface area contributed by atoms with Gasteiger partial charge in [0.15, 0.2) is 11.5 Å². The first kappa shape index (κ1) is 16.6. The molecule has 1 N–H and O–H groups in total. The van der Waals surface area contributed by atoms with Gasteiger partial charge in [0.05, 0.1) is 27.1 Å². The van der Waals surface area contributed by atoms with Crippen LogP contribution in [0.3, 0.4) is 0 Å². The number of hydrogen-bond donors (Lipinski definition) is 1. The second kappa shape index (κ2) is 7.35. The molecule has 0 aliphatic heterocycles. The summed E-state index contributed by atoms with van der Waals surface area (Å²) >= 11 is 0. The van der Waals surface area contributed by atoms with Crippen LogP contribution in [0.15, 0.2) is 12.1 Å². The maximum atomic E-state index is 11.6. The third kappa shape index (κ3) is 4.28. The molecule has 0 bridgehead atoms. The SMILES string of the molecule is CCCS(=O)(=O)NCc1cc(OC)c(OC)c(OC)c1. The van der Waals surface area contributed by atoms with Crippen molar-refractivity contribution in [2.75, 3.05) is 27.1 Å². The third-order valence-corrected chi connectivity index (χ3v) is 4.22. The molecule has 0 radical (unpaired) electrons. The Balaban J connectivity index is 2.97. The molecule has 0 amide bonds. The molecule has 0 aliphatic carbocycles. The van der Waals surface area contributed by atoms with Crippen LogP contribution in [0.5, 0.6) is 17.2 Å². The summed E-state index contributed by atoms with van der Waals surface area (Å²) in [5, 5.41) is 0. The smallest absolute Gasteiger partial charge is 0.211 e. The molecule has 114 valence electrons. The van der Waals surface area contributed by atoms with Crippen molar-refractivity contribution < 1.29 is 22.6 Å². The van der Waals surface area contributed by atoms with E-state index < -0.39 is 10.0 Å². The maximum absolute atomic E-state index is 11.6. The molecule has 1 aromatic carbocycles. The van der Waals surface area contributed by atoms with Crippen molar-refractivity contribution in [3.05, 3.63) is 17.7 Å². The zero-order chi connectivity index (χ0) is 15.2. The monoisotopic (exact) mass is 303 g/mol. The summed E-state index contributed by atoms with van der Waals surface area (Å²) in [6, 6.07) is 3.44. The Morgan fingerprint density at radius 1 is 1.05 bits per heavy atom. The molecule has 0 fully saturated rings. The van der Waals surface area contributed by atoms with Crippen molar-refractivity contribution in [3.63, 3.8) is 0 Å². The van der Waals surface area contributed by atoms with Crippen LogP contribution in [-0.4, -0.2) is 35.5 Å². The van der Waals surface area contributed by atoms with Crippen molar-refractivity contribution in [2.24, 2.45) is 0 Å². The van der Waals surface area contributed by atoms with Gasteiger partial charge in [-0.3, -0.25) is 0 Å². The van der Waals surface area contributed by atoms with Crippen molar-refractivity contribution in [3.8, 4) is 17.2 Å².